The minimum Gasteiger partial charge on any atom is -0.477 e. The number of nitrogens with zero attached hydrogens (tertiary/aromatic N) is 1. The van der Waals surface area contributed by atoms with Crippen LogP contribution in [0.2, 0.25) is 5.02 Å². The van der Waals surface area contributed by atoms with Crippen molar-refractivity contribution >= 4 is 23.2 Å². The van der Waals surface area contributed by atoms with Crippen LogP contribution < -0.4 is 10.1 Å². The van der Waals surface area contributed by atoms with Crippen LogP contribution in [-0.2, 0) is 0 Å². The van der Waals surface area contributed by atoms with Crippen LogP contribution in [0.1, 0.15) is 17.3 Å². The maximum atomic E-state index is 13.6. The van der Waals surface area contributed by atoms with Crippen molar-refractivity contribution < 1.29 is 13.9 Å². The third kappa shape index (κ3) is 3.24. The fraction of sp³-hybridized carbons (Fsp3) is 0.143. The molecule has 104 valence electrons. The van der Waals surface area contributed by atoms with Gasteiger partial charge in [-0.2, -0.15) is 0 Å². The first kappa shape index (κ1) is 14.3. The van der Waals surface area contributed by atoms with E-state index >= 15 is 0 Å². The first-order valence-electron chi connectivity index (χ1n) is 5.96. The molecule has 0 saturated heterocycles. The molecule has 1 heterocycles. The number of rotatable bonds is 4. The third-order valence-electron chi connectivity index (χ3n) is 2.47. The van der Waals surface area contributed by atoms with Crippen molar-refractivity contribution in [1.82, 2.24) is 4.98 Å². The van der Waals surface area contributed by atoms with Crippen LogP contribution in [0.25, 0.3) is 0 Å². The summed E-state index contributed by atoms with van der Waals surface area (Å²) in [7, 11) is 0. The number of amides is 1. The second kappa shape index (κ2) is 6.34. The summed E-state index contributed by atoms with van der Waals surface area (Å²) in [4.78, 5) is 16.1. The maximum Gasteiger partial charge on any atom is 0.261 e. The van der Waals surface area contributed by atoms with Crippen LogP contribution in [-0.4, -0.2) is 17.5 Å². The average Bonchev–Trinajstić information content (AvgIpc) is 2.44. The van der Waals surface area contributed by atoms with Gasteiger partial charge >= 0.3 is 0 Å². The normalized spacial score (nSPS) is 10.2. The van der Waals surface area contributed by atoms with Gasteiger partial charge < -0.3 is 10.1 Å². The number of halogens is 2. The topological polar surface area (TPSA) is 51.2 Å². The van der Waals surface area contributed by atoms with Gasteiger partial charge in [-0.1, -0.05) is 11.6 Å². The van der Waals surface area contributed by atoms with E-state index in [0.717, 1.165) is 0 Å². The van der Waals surface area contributed by atoms with E-state index in [1.165, 1.54) is 24.4 Å². The molecule has 20 heavy (non-hydrogen) atoms. The molecule has 2 rings (SSSR count). The van der Waals surface area contributed by atoms with Crippen LogP contribution in [0, 0.1) is 5.82 Å². The molecule has 1 aromatic heterocycles. The molecule has 4 nitrogen and oxygen atoms in total. The number of carbonyl (C=O) groups is 1. The molecule has 0 aliphatic rings. The van der Waals surface area contributed by atoms with Crippen LogP contribution >= 0.6 is 11.6 Å². The highest BCUT2D eigenvalue weighted by Gasteiger charge is 2.15. The first-order valence-corrected chi connectivity index (χ1v) is 6.34. The van der Waals surface area contributed by atoms with Crippen LogP contribution in [0.4, 0.5) is 10.1 Å². The zero-order chi connectivity index (χ0) is 14.5. The second-order valence-corrected chi connectivity index (χ2v) is 4.30. The molecule has 0 aliphatic heterocycles. The number of hydrogen-bond acceptors (Lipinski definition) is 3. The predicted molar refractivity (Wildman–Crippen MR) is 74.8 cm³/mol. The molecule has 0 atom stereocenters. The molecular formula is C14H12ClFN2O2. The standard InChI is InChI=1S/C14H12ClFN2O2/c1-2-20-14-10(4-3-7-17-14)13(19)18-12-8-9(15)5-6-11(12)16/h3-8H,2H2,1H3,(H,18,19). The third-order valence-corrected chi connectivity index (χ3v) is 2.71. The van der Waals surface area contributed by atoms with E-state index in [4.69, 9.17) is 16.3 Å². The Bertz CT molecular complexity index is 634. The molecule has 0 bridgehead atoms. The number of aromatic nitrogens is 1. The van der Waals surface area contributed by atoms with Gasteiger partial charge in [0.25, 0.3) is 5.91 Å². The van der Waals surface area contributed by atoms with Crippen molar-refractivity contribution in [2.75, 3.05) is 11.9 Å². The van der Waals surface area contributed by atoms with Crippen molar-refractivity contribution in [2.24, 2.45) is 0 Å². The van der Waals surface area contributed by atoms with Gasteiger partial charge in [0, 0.05) is 11.2 Å². The summed E-state index contributed by atoms with van der Waals surface area (Å²) in [6, 6.07) is 7.08. The largest absolute Gasteiger partial charge is 0.477 e. The number of carbonyl (C=O) groups excluding carboxylic acids is 1. The van der Waals surface area contributed by atoms with Gasteiger partial charge in [-0.25, -0.2) is 9.37 Å². The quantitative estimate of drug-likeness (QED) is 0.938. The predicted octanol–water partition coefficient (Wildman–Crippen LogP) is 3.53. The number of nitrogens with one attached hydrogen (secondary N) is 1. The van der Waals surface area contributed by atoms with E-state index in [-0.39, 0.29) is 17.1 Å². The van der Waals surface area contributed by atoms with Gasteiger partial charge in [-0.3, -0.25) is 4.79 Å². The van der Waals surface area contributed by atoms with E-state index in [0.29, 0.717) is 11.6 Å². The number of hydrogen-bond donors (Lipinski definition) is 1. The van der Waals surface area contributed by atoms with E-state index < -0.39 is 11.7 Å². The smallest absolute Gasteiger partial charge is 0.261 e. The van der Waals surface area contributed by atoms with Crippen LogP contribution in [0.5, 0.6) is 5.88 Å². The molecule has 0 spiro atoms. The van der Waals surface area contributed by atoms with E-state index in [9.17, 15) is 9.18 Å². The molecule has 6 heteroatoms. The van der Waals surface area contributed by atoms with Crippen LogP contribution in [0.15, 0.2) is 36.5 Å². The van der Waals surface area contributed by atoms with Crippen molar-refractivity contribution in [3.05, 3.63) is 52.9 Å². The molecule has 1 amide bonds. The lowest BCUT2D eigenvalue weighted by atomic mass is 10.2. The fourth-order valence-corrected chi connectivity index (χ4v) is 1.77. The number of benzene rings is 1. The monoisotopic (exact) mass is 294 g/mol. The Morgan fingerprint density at radius 3 is 3.00 bits per heavy atom. The van der Waals surface area contributed by atoms with Gasteiger partial charge in [0.1, 0.15) is 11.4 Å². The average molecular weight is 295 g/mol. The Kier molecular flexibility index (Phi) is 4.53. The molecule has 0 radical (unpaired) electrons. The van der Waals surface area contributed by atoms with Crippen molar-refractivity contribution in [1.29, 1.82) is 0 Å². The lowest BCUT2D eigenvalue weighted by Crippen LogP contribution is -2.15. The summed E-state index contributed by atoms with van der Waals surface area (Å²) in [6.45, 7) is 2.16. The number of pyridine rings is 1. The minimum absolute atomic E-state index is 0.00815. The molecule has 0 fully saturated rings. The summed E-state index contributed by atoms with van der Waals surface area (Å²) in [6.07, 6.45) is 1.52. The number of ether oxygens (including phenoxy) is 1. The van der Waals surface area contributed by atoms with Crippen molar-refractivity contribution in [3.8, 4) is 5.88 Å². The van der Waals surface area contributed by atoms with Gasteiger partial charge in [0.05, 0.1) is 12.3 Å². The highest BCUT2D eigenvalue weighted by atomic mass is 35.5. The molecule has 0 saturated carbocycles. The lowest BCUT2D eigenvalue weighted by Gasteiger charge is -2.10. The van der Waals surface area contributed by atoms with Crippen LogP contribution in [0.3, 0.4) is 0 Å². The zero-order valence-corrected chi connectivity index (χ0v) is 11.4. The molecule has 0 unspecified atom stereocenters. The highest BCUT2D eigenvalue weighted by molar-refractivity contribution is 6.31. The molecule has 1 aromatic carbocycles. The lowest BCUT2D eigenvalue weighted by molar-refractivity contribution is 0.102. The van der Waals surface area contributed by atoms with Crippen molar-refractivity contribution in [3.63, 3.8) is 0 Å². The fourth-order valence-electron chi connectivity index (χ4n) is 1.60. The Morgan fingerprint density at radius 1 is 1.45 bits per heavy atom. The Hall–Kier alpha value is -2.14. The van der Waals surface area contributed by atoms with E-state index in [1.807, 2.05) is 0 Å². The summed E-state index contributed by atoms with van der Waals surface area (Å²) in [5.74, 6) is -0.873. The maximum absolute atomic E-state index is 13.6. The highest BCUT2D eigenvalue weighted by Crippen LogP contribution is 2.22. The summed E-state index contributed by atoms with van der Waals surface area (Å²) in [5, 5.41) is 2.78. The summed E-state index contributed by atoms with van der Waals surface area (Å²) in [5.41, 5.74) is 0.238. The molecule has 1 N–H and O–H groups in total. The van der Waals surface area contributed by atoms with Gasteiger partial charge in [-0.15, -0.1) is 0 Å². The number of anilines is 1. The molecule has 2 aromatic rings. The minimum atomic E-state index is -0.565. The van der Waals surface area contributed by atoms with Crippen molar-refractivity contribution in [2.45, 2.75) is 6.92 Å². The summed E-state index contributed by atoms with van der Waals surface area (Å²) >= 11 is 5.77. The Morgan fingerprint density at radius 2 is 2.25 bits per heavy atom. The SMILES string of the molecule is CCOc1ncccc1C(=O)Nc1cc(Cl)ccc1F. The van der Waals surface area contributed by atoms with Gasteiger partial charge in [0.2, 0.25) is 5.88 Å². The first-order chi connectivity index (χ1) is 9.61. The summed E-state index contributed by atoms with van der Waals surface area (Å²) < 4.78 is 18.8. The second-order valence-electron chi connectivity index (χ2n) is 3.87. The van der Waals surface area contributed by atoms with E-state index in [2.05, 4.69) is 10.3 Å². The molecule has 0 aliphatic carbocycles. The Balaban J connectivity index is 2.26. The zero-order valence-electron chi connectivity index (χ0n) is 10.7. The molecular weight excluding hydrogens is 283 g/mol. The Labute approximate surface area is 120 Å². The van der Waals surface area contributed by atoms with E-state index in [1.54, 1.807) is 19.1 Å². The van der Waals surface area contributed by atoms with Gasteiger partial charge in [0.15, 0.2) is 0 Å². The van der Waals surface area contributed by atoms with Gasteiger partial charge in [-0.05, 0) is 37.3 Å².